The van der Waals surface area contributed by atoms with E-state index in [1.54, 1.807) is 18.6 Å². The molecule has 0 spiro atoms. The van der Waals surface area contributed by atoms with Crippen molar-refractivity contribution in [3.63, 3.8) is 0 Å². The van der Waals surface area contributed by atoms with Crippen LogP contribution in [0.2, 0.25) is 0 Å². The molecule has 0 saturated heterocycles. The molecule has 2 aromatic rings. The third-order valence-electron chi connectivity index (χ3n) is 3.08. The predicted molar refractivity (Wildman–Crippen MR) is 88.2 cm³/mol. The van der Waals surface area contributed by atoms with Crippen LogP contribution < -0.4 is 14.8 Å². The summed E-state index contributed by atoms with van der Waals surface area (Å²) in [6.45, 7) is 1.52. The number of anilines is 1. The minimum Gasteiger partial charge on any atom is -0.495 e. The van der Waals surface area contributed by atoms with Crippen LogP contribution in [0.4, 0.5) is 5.69 Å². The molecule has 0 aliphatic carbocycles. The molecule has 2 N–H and O–H groups in total. The molecule has 0 bridgehead atoms. The molecule has 24 heavy (non-hydrogen) atoms. The molecule has 1 amide bonds. The number of hydrogen-bond acceptors (Lipinski definition) is 6. The highest BCUT2D eigenvalue weighted by atomic mass is 32.2. The normalized spacial score (nSPS) is 11.1. The second-order valence-corrected chi connectivity index (χ2v) is 6.65. The van der Waals surface area contributed by atoms with Crippen molar-refractivity contribution >= 4 is 21.6 Å². The van der Waals surface area contributed by atoms with Crippen molar-refractivity contribution in [2.45, 2.75) is 18.2 Å². The van der Waals surface area contributed by atoms with Crippen molar-refractivity contribution in [1.82, 2.24) is 14.7 Å². The first kappa shape index (κ1) is 17.8. The molecule has 8 nitrogen and oxygen atoms in total. The first-order chi connectivity index (χ1) is 11.4. The molecular formula is C15H18N4O4S. The van der Waals surface area contributed by atoms with Crippen LogP contribution in [0.1, 0.15) is 12.6 Å². The first-order valence-electron chi connectivity index (χ1n) is 7.12. The summed E-state index contributed by atoms with van der Waals surface area (Å²) in [6, 6.07) is 4.25. The summed E-state index contributed by atoms with van der Waals surface area (Å²) in [7, 11) is -2.28. The smallest absolute Gasteiger partial charge is 0.240 e. The summed E-state index contributed by atoms with van der Waals surface area (Å²) in [6.07, 6.45) is 5.10. The lowest BCUT2D eigenvalue weighted by Crippen LogP contribution is -2.26. The average Bonchev–Trinajstić information content (AvgIpc) is 2.55. The Morgan fingerprint density at radius 1 is 1.29 bits per heavy atom. The topological polar surface area (TPSA) is 110 Å². The summed E-state index contributed by atoms with van der Waals surface area (Å²) in [5.41, 5.74) is 0.982. The van der Waals surface area contributed by atoms with Gasteiger partial charge in [-0.25, -0.2) is 13.1 Å². The van der Waals surface area contributed by atoms with E-state index >= 15 is 0 Å². The summed E-state index contributed by atoms with van der Waals surface area (Å²) in [4.78, 5) is 19.3. The summed E-state index contributed by atoms with van der Waals surface area (Å²) >= 11 is 0. The van der Waals surface area contributed by atoms with Crippen LogP contribution in [-0.4, -0.2) is 37.9 Å². The second kappa shape index (κ2) is 7.84. The van der Waals surface area contributed by atoms with E-state index in [9.17, 15) is 13.2 Å². The number of nitrogens with zero attached hydrogens (tertiary/aromatic N) is 2. The molecule has 0 aliphatic rings. The lowest BCUT2D eigenvalue weighted by molar-refractivity contribution is -0.114. The highest BCUT2D eigenvalue weighted by molar-refractivity contribution is 7.89. The van der Waals surface area contributed by atoms with Crippen molar-refractivity contribution in [3.05, 3.63) is 42.5 Å². The number of benzene rings is 1. The minimum absolute atomic E-state index is 0.0335. The zero-order valence-electron chi connectivity index (χ0n) is 13.3. The fourth-order valence-corrected chi connectivity index (χ4v) is 3.06. The zero-order valence-corrected chi connectivity index (χ0v) is 14.1. The van der Waals surface area contributed by atoms with Crippen molar-refractivity contribution in [1.29, 1.82) is 0 Å². The Kier molecular flexibility index (Phi) is 5.83. The maximum Gasteiger partial charge on any atom is 0.240 e. The maximum absolute atomic E-state index is 12.4. The molecule has 0 aliphatic heterocycles. The van der Waals surface area contributed by atoms with E-state index in [4.69, 9.17) is 4.74 Å². The number of hydrogen-bond donors (Lipinski definition) is 2. The molecule has 0 saturated carbocycles. The SMILES string of the molecule is COc1ccc(S(=O)(=O)NCCc2cnccn2)cc1NC(C)=O. The van der Waals surface area contributed by atoms with Gasteiger partial charge in [0.05, 0.1) is 23.4 Å². The number of aromatic nitrogens is 2. The van der Waals surface area contributed by atoms with Crippen LogP contribution in [0.5, 0.6) is 5.75 Å². The number of amides is 1. The Morgan fingerprint density at radius 3 is 2.71 bits per heavy atom. The maximum atomic E-state index is 12.4. The number of sulfonamides is 1. The highest BCUT2D eigenvalue weighted by Gasteiger charge is 2.16. The Hall–Kier alpha value is -2.52. The molecule has 1 aromatic carbocycles. The molecule has 0 unspecified atom stereocenters. The molecule has 9 heteroatoms. The molecule has 128 valence electrons. The van der Waals surface area contributed by atoms with Gasteiger partial charge in [-0.1, -0.05) is 0 Å². The Morgan fingerprint density at radius 2 is 2.08 bits per heavy atom. The Labute approximate surface area is 140 Å². The number of carbonyl (C=O) groups is 1. The number of ether oxygens (including phenoxy) is 1. The number of methoxy groups -OCH3 is 1. The third-order valence-corrected chi connectivity index (χ3v) is 4.54. The van der Waals surface area contributed by atoms with Gasteiger partial charge in [0, 0.05) is 38.5 Å². The van der Waals surface area contributed by atoms with Crippen LogP contribution in [-0.2, 0) is 21.2 Å². The fraction of sp³-hybridized carbons (Fsp3) is 0.267. The third kappa shape index (κ3) is 4.74. The van der Waals surface area contributed by atoms with Gasteiger partial charge in [-0.3, -0.25) is 14.8 Å². The van der Waals surface area contributed by atoms with Gasteiger partial charge in [0.1, 0.15) is 5.75 Å². The standard InChI is InChI=1S/C15H18N4O4S/c1-11(20)19-14-9-13(3-4-15(14)23-2)24(21,22)18-6-5-12-10-16-7-8-17-12/h3-4,7-10,18H,5-6H2,1-2H3,(H,19,20). The van der Waals surface area contributed by atoms with Crippen molar-refractivity contribution in [2.75, 3.05) is 19.0 Å². The Balaban J connectivity index is 2.12. The molecule has 2 rings (SSSR count). The van der Waals surface area contributed by atoms with Gasteiger partial charge < -0.3 is 10.1 Å². The lowest BCUT2D eigenvalue weighted by Gasteiger charge is -2.12. The number of nitrogens with one attached hydrogen (secondary N) is 2. The molecule has 1 aromatic heterocycles. The quantitative estimate of drug-likeness (QED) is 0.770. The molecule has 0 atom stereocenters. The molecule has 1 heterocycles. The van der Waals surface area contributed by atoms with E-state index in [1.807, 2.05) is 0 Å². The number of rotatable bonds is 7. The van der Waals surface area contributed by atoms with E-state index in [0.717, 1.165) is 0 Å². The van der Waals surface area contributed by atoms with Crippen LogP contribution >= 0.6 is 0 Å². The average molecular weight is 350 g/mol. The van der Waals surface area contributed by atoms with Crippen molar-refractivity contribution < 1.29 is 17.9 Å². The van der Waals surface area contributed by atoms with Crippen molar-refractivity contribution in [2.24, 2.45) is 0 Å². The second-order valence-electron chi connectivity index (χ2n) is 4.89. The van der Waals surface area contributed by atoms with Crippen LogP contribution in [0, 0.1) is 0 Å². The van der Waals surface area contributed by atoms with Gasteiger partial charge in [-0.15, -0.1) is 0 Å². The van der Waals surface area contributed by atoms with E-state index in [0.29, 0.717) is 23.6 Å². The monoisotopic (exact) mass is 350 g/mol. The van der Waals surface area contributed by atoms with Gasteiger partial charge in [-0.2, -0.15) is 0 Å². The van der Waals surface area contributed by atoms with E-state index in [2.05, 4.69) is 20.0 Å². The fourth-order valence-electron chi connectivity index (χ4n) is 2.00. The number of carbonyl (C=O) groups excluding carboxylic acids is 1. The minimum atomic E-state index is -3.72. The van der Waals surface area contributed by atoms with Crippen LogP contribution in [0.3, 0.4) is 0 Å². The predicted octanol–water partition coefficient (Wildman–Crippen LogP) is 0.965. The Bertz CT molecular complexity index is 809. The zero-order chi connectivity index (χ0) is 17.6. The molecule has 0 fully saturated rings. The van der Waals surface area contributed by atoms with Gasteiger partial charge in [0.15, 0.2) is 0 Å². The summed E-state index contributed by atoms with van der Waals surface area (Å²) in [5.74, 6) is 0.0576. The van der Waals surface area contributed by atoms with E-state index in [-0.39, 0.29) is 17.3 Å². The van der Waals surface area contributed by atoms with Crippen LogP contribution in [0.15, 0.2) is 41.7 Å². The van der Waals surface area contributed by atoms with E-state index in [1.165, 1.54) is 32.2 Å². The van der Waals surface area contributed by atoms with Crippen LogP contribution in [0.25, 0.3) is 0 Å². The lowest BCUT2D eigenvalue weighted by atomic mass is 10.3. The molecular weight excluding hydrogens is 332 g/mol. The first-order valence-corrected chi connectivity index (χ1v) is 8.61. The largest absolute Gasteiger partial charge is 0.495 e. The van der Waals surface area contributed by atoms with Gasteiger partial charge in [-0.05, 0) is 18.2 Å². The van der Waals surface area contributed by atoms with Crippen molar-refractivity contribution in [3.8, 4) is 5.75 Å². The highest BCUT2D eigenvalue weighted by Crippen LogP contribution is 2.27. The van der Waals surface area contributed by atoms with E-state index < -0.39 is 10.0 Å². The van der Waals surface area contributed by atoms with Gasteiger partial charge in [0.25, 0.3) is 0 Å². The van der Waals surface area contributed by atoms with Gasteiger partial charge in [0.2, 0.25) is 15.9 Å². The summed E-state index contributed by atoms with van der Waals surface area (Å²) in [5, 5.41) is 2.54. The van der Waals surface area contributed by atoms with Gasteiger partial charge >= 0.3 is 0 Å². The molecule has 0 radical (unpaired) electrons. The summed E-state index contributed by atoms with van der Waals surface area (Å²) < 4.78 is 32.3.